The van der Waals surface area contributed by atoms with Gasteiger partial charge in [0.2, 0.25) is 0 Å². The molecule has 0 atom stereocenters. The van der Waals surface area contributed by atoms with Crippen LogP contribution in [0.2, 0.25) is 0 Å². The lowest BCUT2D eigenvalue weighted by Crippen LogP contribution is -2.00. The molecule has 3 aromatic carbocycles. The zero-order valence-corrected chi connectivity index (χ0v) is 25.1. The maximum atomic E-state index is 9.40. The van der Waals surface area contributed by atoms with E-state index in [0.29, 0.717) is 34.3 Å². The fourth-order valence-corrected chi connectivity index (χ4v) is 5.23. The standard InChI is InChI=1S/C39H21N9/c40-17-25-12-34(22-43-20-25)28-5-2-8-31(15-28)38-46-37(30-7-1-4-27(14-30)33-10-11-36(19-42)45-24-33)47-39(48-38)32-9-3-6-29(16-32)35-13-26(18-41)21-44-23-35/h1-16,20-24H. The average Bonchev–Trinajstić information content (AvgIpc) is 3.18. The molecule has 48 heavy (non-hydrogen) atoms. The van der Waals surface area contributed by atoms with Crippen LogP contribution in [0.4, 0.5) is 0 Å². The minimum absolute atomic E-state index is 0.344. The van der Waals surface area contributed by atoms with E-state index in [9.17, 15) is 15.8 Å². The number of nitriles is 3. The largest absolute Gasteiger partial charge is 0.263 e. The molecule has 0 amide bonds. The van der Waals surface area contributed by atoms with Gasteiger partial charge in [0.1, 0.15) is 23.9 Å². The Morgan fingerprint density at radius 2 is 0.812 bits per heavy atom. The highest BCUT2D eigenvalue weighted by atomic mass is 15.0. The smallest absolute Gasteiger partial charge is 0.164 e. The molecule has 9 nitrogen and oxygen atoms in total. The van der Waals surface area contributed by atoms with Crippen LogP contribution in [0.1, 0.15) is 16.8 Å². The monoisotopic (exact) mass is 615 g/mol. The van der Waals surface area contributed by atoms with Gasteiger partial charge in [-0.05, 0) is 59.2 Å². The van der Waals surface area contributed by atoms with Crippen LogP contribution in [0.3, 0.4) is 0 Å². The van der Waals surface area contributed by atoms with E-state index >= 15 is 0 Å². The molecule has 0 saturated heterocycles. The van der Waals surface area contributed by atoms with Crippen LogP contribution in [-0.4, -0.2) is 29.9 Å². The molecule has 4 aromatic heterocycles. The second-order valence-electron chi connectivity index (χ2n) is 10.7. The molecule has 4 heterocycles. The molecular formula is C39H21N9. The van der Waals surface area contributed by atoms with Crippen LogP contribution < -0.4 is 0 Å². The van der Waals surface area contributed by atoms with E-state index in [1.165, 1.54) is 12.4 Å². The maximum absolute atomic E-state index is 9.40. The number of nitrogens with zero attached hydrogens (tertiary/aromatic N) is 9. The predicted molar refractivity (Wildman–Crippen MR) is 180 cm³/mol. The minimum Gasteiger partial charge on any atom is -0.263 e. The van der Waals surface area contributed by atoms with Crippen molar-refractivity contribution in [2.24, 2.45) is 0 Å². The van der Waals surface area contributed by atoms with Gasteiger partial charge in [-0.2, -0.15) is 15.8 Å². The summed E-state index contributed by atoms with van der Waals surface area (Å²) in [5.74, 6) is 1.39. The normalized spacial score (nSPS) is 10.4. The molecule has 0 fully saturated rings. The zero-order valence-electron chi connectivity index (χ0n) is 25.1. The van der Waals surface area contributed by atoms with Crippen molar-refractivity contribution in [3.8, 4) is 85.8 Å². The quantitative estimate of drug-likeness (QED) is 0.184. The molecule has 0 aliphatic heterocycles. The molecule has 7 aromatic rings. The van der Waals surface area contributed by atoms with Crippen molar-refractivity contribution in [2.75, 3.05) is 0 Å². The first-order valence-corrected chi connectivity index (χ1v) is 14.7. The summed E-state index contributed by atoms with van der Waals surface area (Å²) in [4.78, 5) is 27.5. The van der Waals surface area contributed by atoms with E-state index in [0.717, 1.165) is 50.1 Å². The Labute approximate surface area is 275 Å². The molecule has 0 bridgehead atoms. The first kappa shape index (κ1) is 29.3. The molecule has 0 spiro atoms. The second-order valence-corrected chi connectivity index (χ2v) is 10.7. The maximum Gasteiger partial charge on any atom is 0.164 e. The van der Waals surface area contributed by atoms with Gasteiger partial charge in [-0.25, -0.2) is 19.9 Å². The molecule has 0 aliphatic carbocycles. The summed E-state index contributed by atoms with van der Waals surface area (Å²) in [5, 5.41) is 28.0. The van der Waals surface area contributed by atoms with E-state index in [4.69, 9.17) is 15.0 Å². The molecule has 0 unspecified atom stereocenters. The highest BCUT2D eigenvalue weighted by Gasteiger charge is 2.15. The fraction of sp³-hybridized carbons (Fsp3) is 0. The van der Waals surface area contributed by atoms with Gasteiger partial charge in [-0.3, -0.25) is 9.97 Å². The van der Waals surface area contributed by atoms with Crippen molar-refractivity contribution in [1.82, 2.24) is 29.9 Å². The van der Waals surface area contributed by atoms with Crippen LogP contribution in [0.25, 0.3) is 67.5 Å². The van der Waals surface area contributed by atoms with Crippen molar-refractivity contribution in [3.63, 3.8) is 0 Å². The third-order valence-electron chi connectivity index (χ3n) is 7.61. The van der Waals surface area contributed by atoms with E-state index < -0.39 is 0 Å². The fourth-order valence-electron chi connectivity index (χ4n) is 5.23. The summed E-state index contributed by atoms with van der Waals surface area (Å²) in [6.07, 6.45) is 8.16. The van der Waals surface area contributed by atoms with Gasteiger partial charge in [0.25, 0.3) is 0 Å². The van der Waals surface area contributed by atoms with Gasteiger partial charge >= 0.3 is 0 Å². The van der Waals surface area contributed by atoms with E-state index in [2.05, 4.69) is 33.2 Å². The molecule has 222 valence electrons. The van der Waals surface area contributed by atoms with Crippen LogP contribution in [0.5, 0.6) is 0 Å². The topological polar surface area (TPSA) is 149 Å². The second kappa shape index (κ2) is 12.9. The lowest BCUT2D eigenvalue weighted by atomic mass is 10.0. The lowest BCUT2D eigenvalue weighted by molar-refractivity contribution is 1.07. The Bertz CT molecular complexity index is 2330. The van der Waals surface area contributed by atoms with Crippen LogP contribution in [0.15, 0.2) is 128 Å². The summed E-state index contributed by atoms with van der Waals surface area (Å²) >= 11 is 0. The number of pyridine rings is 3. The van der Waals surface area contributed by atoms with Crippen LogP contribution >= 0.6 is 0 Å². The van der Waals surface area contributed by atoms with Gasteiger partial charge in [-0.1, -0.05) is 54.6 Å². The van der Waals surface area contributed by atoms with E-state index in [1.54, 1.807) is 36.8 Å². The number of rotatable bonds is 6. The van der Waals surface area contributed by atoms with Crippen molar-refractivity contribution in [3.05, 3.63) is 145 Å². The van der Waals surface area contributed by atoms with Crippen molar-refractivity contribution in [1.29, 1.82) is 15.8 Å². The molecule has 0 saturated carbocycles. The van der Waals surface area contributed by atoms with E-state index in [1.807, 2.05) is 78.9 Å². The molecule has 0 N–H and O–H groups in total. The van der Waals surface area contributed by atoms with Crippen molar-refractivity contribution < 1.29 is 0 Å². The Balaban J connectivity index is 1.37. The summed E-state index contributed by atoms with van der Waals surface area (Å²) in [7, 11) is 0. The van der Waals surface area contributed by atoms with Crippen LogP contribution in [0, 0.1) is 34.0 Å². The highest BCUT2D eigenvalue weighted by molar-refractivity contribution is 5.76. The SMILES string of the molecule is N#Cc1cncc(-c2cccc(-c3nc(-c4cccc(-c5ccc(C#N)nc5)c4)nc(-c4cccc(-c5cncc(C#N)c5)c4)n3)c2)c1. The third-order valence-corrected chi connectivity index (χ3v) is 7.61. The van der Waals surface area contributed by atoms with Crippen molar-refractivity contribution >= 4 is 0 Å². The van der Waals surface area contributed by atoms with Gasteiger partial charge in [0.05, 0.1) is 11.1 Å². The number of hydrogen-bond donors (Lipinski definition) is 0. The Morgan fingerprint density at radius 1 is 0.375 bits per heavy atom. The summed E-state index contributed by atoms with van der Waals surface area (Å²) in [6.45, 7) is 0. The minimum atomic E-state index is 0.344. The molecule has 7 rings (SSSR count). The van der Waals surface area contributed by atoms with Gasteiger partial charge < -0.3 is 0 Å². The van der Waals surface area contributed by atoms with Crippen LogP contribution in [-0.2, 0) is 0 Å². The van der Waals surface area contributed by atoms with Crippen molar-refractivity contribution in [2.45, 2.75) is 0 Å². The van der Waals surface area contributed by atoms with Gasteiger partial charge in [0.15, 0.2) is 17.5 Å². The third kappa shape index (κ3) is 6.09. The highest BCUT2D eigenvalue weighted by Crippen LogP contribution is 2.31. The predicted octanol–water partition coefficient (Wildman–Crippen LogP) is 7.67. The van der Waals surface area contributed by atoms with Gasteiger partial charge in [-0.15, -0.1) is 0 Å². The number of aromatic nitrogens is 6. The summed E-state index contributed by atoms with van der Waals surface area (Å²) in [6, 6.07) is 36.8. The molecule has 0 aliphatic rings. The first-order chi connectivity index (χ1) is 23.6. The van der Waals surface area contributed by atoms with Gasteiger partial charge in [0, 0.05) is 64.4 Å². The molecular weight excluding hydrogens is 594 g/mol. The number of hydrogen-bond acceptors (Lipinski definition) is 9. The summed E-state index contributed by atoms with van der Waals surface area (Å²) < 4.78 is 0. The molecule has 0 radical (unpaired) electrons. The Hall–Kier alpha value is -7.41. The average molecular weight is 616 g/mol. The summed E-state index contributed by atoms with van der Waals surface area (Å²) in [5.41, 5.74) is 8.64. The first-order valence-electron chi connectivity index (χ1n) is 14.7. The number of benzene rings is 3. The molecule has 9 heteroatoms. The van der Waals surface area contributed by atoms with E-state index in [-0.39, 0.29) is 0 Å². The Morgan fingerprint density at radius 3 is 1.21 bits per heavy atom. The zero-order chi connectivity index (χ0) is 32.9. The lowest BCUT2D eigenvalue weighted by Gasteiger charge is -2.11. The Kier molecular flexibility index (Phi) is 7.88.